The molecule has 5 nitrogen and oxygen atoms in total. The lowest BCUT2D eigenvalue weighted by Gasteiger charge is -2.24. The van der Waals surface area contributed by atoms with E-state index in [4.69, 9.17) is 32.7 Å². The van der Waals surface area contributed by atoms with E-state index in [0.717, 1.165) is 24.8 Å². The van der Waals surface area contributed by atoms with Gasteiger partial charge in [0.05, 0.1) is 16.7 Å². The van der Waals surface area contributed by atoms with Crippen molar-refractivity contribution in [1.29, 1.82) is 0 Å². The highest BCUT2D eigenvalue weighted by Crippen LogP contribution is 2.30. The van der Waals surface area contributed by atoms with Crippen LogP contribution in [-0.4, -0.2) is 38.2 Å². The normalized spacial score (nSPS) is 17.2. The van der Waals surface area contributed by atoms with Crippen LogP contribution in [0.5, 0.6) is 0 Å². The number of benzene rings is 2. The molecule has 2 unspecified atom stereocenters. The second-order valence-corrected chi connectivity index (χ2v) is 8.38. The molecule has 0 aliphatic carbocycles. The third-order valence-corrected chi connectivity index (χ3v) is 6.18. The molecule has 2 aromatic carbocycles. The number of Topliss-reactive ketones (excluding diaryl/α,β-unsaturated/α-hetero) is 1. The highest BCUT2D eigenvalue weighted by atomic mass is 35.5. The molecule has 2 aromatic rings. The van der Waals surface area contributed by atoms with Gasteiger partial charge in [-0.15, -0.1) is 0 Å². The molecule has 1 heterocycles. The number of hydrogen-bond donors (Lipinski definition) is 1. The summed E-state index contributed by atoms with van der Waals surface area (Å²) in [5.74, 6) is -0.661. The van der Waals surface area contributed by atoms with Gasteiger partial charge in [0.25, 0.3) is 5.91 Å². The third kappa shape index (κ3) is 6.53. The average Bonchev–Trinajstić information content (AvgIpc) is 2.79. The van der Waals surface area contributed by atoms with E-state index < -0.39 is 5.92 Å². The number of ketones is 1. The summed E-state index contributed by atoms with van der Waals surface area (Å²) in [5, 5.41) is 3.46. The molecule has 1 fully saturated rings. The van der Waals surface area contributed by atoms with Crippen molar-refractivity contribution in [2.24, 2.45) is 0 Å². The molecule has 0 saturated carbocycles. The lowest BCUT2D eigenvalue weighted by Crippen LogP contribution is -2.25. The summed E-state index contributed by atoms with van der Waals surface area (Å²) in [6.45, 7) is 1.09. The van der Waals surface area contributed by atoms with Crippen molar-refractivity contribution in [3.8, 4) is 0 Å². The van der Waals surface area contributed by atoms with E-state index in [2.05, 4.69) is 5.32 Å². The zero-order chi connectivity index (χ0) is 22.2. The second-order valence-electron chi connectivity index (χ2n) is 7.56. The molecule has 166 valence electrons. The molecule has 0 radical (unpaired) electrons. The number of ether oxygens (including phenoxy) is 2. The highest BCUT2D eigenvalue weighted by molar-refractivity contribution is 6.42. The largest absolute Gasteiger partial charge is 0.355 e. The zero-order valence-electron chi connectivity index (χ0n) is 17.5. The fourth-order valence-electron chi connectivity index (χ4n) is 3.74. The van der Waals surface area contributed by atoms with Gasteiger partial charge in [0.15, 0.2) is 6.29 Å². The summed E-state index contributed by atoms with van der Waals surface area (Å²) in [4.78, 5) is 25.6. The minimum Gasteiger partial charge on any atom is -0.355 e. The Morgan fingerprint density at radius 2 is 1.97 bits per heavy atom. The van der Waals surface area contributed by atoms with Crippen molar-refractivity contribution in [3.05, 3.63) is 69.2 Å². The molecule has 7 heteroatoms. The van der Waals surface area contributed by atoms with E-state index in [9.17, 15) is 9.59 Å². The van der Waals surface area contributed by atoms with Crippen molar-refractivity contribution in [2.75, 3.05) is 20.3 Å². The Balaban J connectivity index is 1.77. The second kappa shape index (κ2) is 11.6. The Labute approximate surface area is 193 Å². The molecule has 1 aliphatic heterocycles. The predicted octanol–water partition coefficient (Wildman–Crippen LogP) is 5.18. The molecular weight excluding hydrogens is 437 g/mol. The van der Waals surface area contributed by atoms with Gasteiger partial charge < -0.3 is 14.8 Å². The smallest absolute Gasteiger partial charge is 0.251 e. The Hall–Kier alpha value is -1.92. The summed E-state index contributed by atoms with van der Waals surface area (Å²) in [5.41, 5.74) is 1.97. The first-order valence-electron chi connectivity index (χ1n) is 10.5. The Bertz CT molecular complexity index is 912. The van der Waals surface area contributed by atoms with Crippen LogP contribution in [0.4, 0.5) is 0 Å². The van der Waals surface area contributed by atoms with Gasteiger partial charge in [-0.3, -0.25) is 9.59 Å². The summed E-state index contributed by atoms with van der Waals surface area (Å²) < 4.78 is 11.5. The summed E-state index contributed by atoms with van der Waals surface area (Å²) in [6, 6.07) is 12.4. The fraction of sp³-hybridized carbons (Fsp3) is 0.417. The molecule has 1 N–H and O–H groups in total. The third-order valence-electron chi connectivity index (χ3n) is 5.44. The number of rotatable bonds is 9. The number of carbonyl (C=O) groups is 2. The van der Waals surface area contributed by atoms with E-state index in [0.29, 0.717) is 40.8 Å². The minimum absolute atomic E-state index is 0.0112. The van der Waals surface area contributed by atoms with E-state index >= 15 is 0 Å². The molecular formula is C24H27Cl2NO4. The van der Waals surface area contributed by atoms with Gasteiger partial charge in [-0.05, 0) is 55.0 Å². The van der Waals surface area contributed by atoms with Crippen molar-refractivity contribution in [1.82, 2.24) is 5.32 Å². The van der Waals surface area contributed by atoms with Gasteiger partial charge in [-0.25, -0.2) is 0 Å². The number of amides is 1. The van der Waals surface area contributed by atoms with Gasteiger partial charge in [0.1, 0.15) is 5.78 Å². The van der Waals surface area contributed by atoms with E-state index in [-0.39, 0.29) is 24.4 Å². The first kappa shape index (κ1) is 23.7. The Kier molecular flexibility index (Phi) is 8.90. The van der Waals surface area contributed by atoms with Gasteiger partial charge in [0.2, 0.25) is 0 Å². The van der Waals surface area contributed by atoms with Crippen LogP contribution in [0.15, 0.2) is 42.5 Å². The number of halogens is 2. The Morgan fingerprint density at radius 3 is 2.68 bits per heavy atom. The van der Waals surface area contributed by atoms with E-state index in [1.165, 1.54) is 0 Å². The standard InChI is InChI=1S/C24H27Cl2NO4/c1-27-24(29)19-7-3-2-6-16(19)15-22(28)18(17-9-10-20(25)21(26)14-17)11-13-31-23-8-4-5-12-30-23/h2-3,6-7,9-10,14,18,23H,4-5,8,11-13,15H2,1H3,(H,27,29). The van der Waals surface area contributed by atoms with Crippen LogP contribution in [-0.2, 0) is 20.7 Å². The molecule has 0 aromatic heterocycles. The first-order chi connectivity index (χ1) is 15.0. The highest BCUT2D eigenvalue weighted by Gasteiger charge is 2.24. The van der Waals surface area contributed by atoms with Crippen molar-refractivity contribution >= 4 is 34.9 Å². The first-order valence-corrected chi connectivity index (χ1v) is 11.3. The van der Waals surface area contributed by atoms with Crippen molar-refractivity contribution in [2.45, 2.75) is 44.3 Å². The topological polar surface area (TPSA) is 64.6 Å². The minimum atomic E-state index is -0.434. The van der Waals surface area contributed by atoms with Crippen molar-refractivity contribution < 1.29 is 19.1 Å². The maximum Gasteiger partial charge on any atom is 0.251 e. The van der Waals surface area contributed by atoms with Crippen LogP contribution < -0.4 is 5.32 Å². The van der Waals surface area contributed by atoms with Crippen LogP contribution in [0.3, 0.4) is 0 Å². The van der Waals surface area contributed by atoms with Crippen molar-refractivity contribution in [3.63, 3.8) is 0 Å². The molecule has 0 spiro atoms. The molecule has 0 bridgehead atoms. The van der Waals surface area contributed by atoms with Crippen LogP contribution >= 0.6 is 23.2 Å². The summed E-state index contributed by atoms with van der Waals surface area (Å²) in [6.07, 6.45) is 3.40. The average molecular weight is 464 g/mol. The quantitative estimate of drug-likeness (QED) is 0.556. The number of hydrogen-bond acceptors (Lipinski definition) is 4. The molecule has 31 heavy (non-hydrogen) atoms. The maximum atomic E-state index is 13.4. The SMILES string of the molecule is CNC(=O)c1ccccc1CC(=O)C(CCOC1CCCCO1)c1ccc(Cl)c(Cl)c1. The molecule has 1 amide bonds. The molecule has 2 atom stereocenters. The van der Waals surface area contributed by atoms with Gasteiger partial charge in [-0.1, -0.05) is 47.5 Å². The van der Waals surface area contributed by atoms with Crippen LogP contribution in [0.25, 0.3) is 0 Å². The molecule has 1 aliphatic rings. The molecule has 1 saturated heterocycles. The maximum absolute atomic E-state index is 13.4. The van der Waals surface area contributed by atoms with Crippen LogP contribution in [0, 0.1) is 0 Å². The monoisotopic (exact) mass is 463 g/mol. The van der Waals surface area contributed by atoms with Crippen LogP contribution in [0.1, 0.15) is 53.1 Å². The van der Waals surface area contributed by atoms with E-state index in [1.54, 1.807) is 37.4 Å². The van der Waals surface area contributed by atoms with E-state index in [1.807, 2.05) is 12.1 Å². The fourth-order valence-corrected chi connectivity index (χ4v) is 4.05. The number of carbonyl (C=O) groups excluding carboxylic acids is 2. The van der Waals surface area contributed by atoms with Gasteiger partial charge in [-0.2, -0.15) is 0 Å². The van der Waals surface area contributed by atoms with Crippen LogP contribution in [0.2, 0.25) is 10.0 Å². The lowest BCUT2D eigenvalue weighted by atomic mass is 9.87. The lowest BCUT2D eigenvalue weighted by molar-refractivity contribution is -0.163. The zero-order valence-corrected chi connectivity index (χ0v) is 19.0. The van der Waals surface area contributed by atoms with Gasteiger partial charge >= 0.3 is 0 Å². The number of nitrogens with one attached hydrogen (secondary N) is 1. The predicted molar refractivity (Wildman–Crippen MR) is 122 cm³/mol. The summed E-state index contributed by atoms with van der Waals surface area (Å²) in [7, 11) is 1.57. The summed E-state index contributed by atoms with van der Waals surface area (Å²) >= 11 is 12.3. The van der Waals surface area contributed by atoms with Gasteiger partial charge in [0, 0.05) is 31.6 Å². The Morgan fingerprint density at radius 1 is 1.16 bits per heavy atom. The molecule has 3 rings (SSSR count).